The molecular formula is C36H35N3O8S3. The van der Waals surface area contributed by atoms with Crippen LogP contribution in [0, 0.1) is 32.8 Å². The van der Waals surface area contributed by atoms with Crippen LogP contribution in [0.3, 0.4) is 0 Å². The average Bonchev–Trinajstić information content (AvgIpc) is 3.08. The highest BCUT2D eigenvalue weighted by Gasteiger charge is 2.54. The first-order chi connectivity index (χ1) is 23.7. The maximum atomic E-state index is 14.1. The summed E-state index contributed by atoms with van der Waals surface area (Å²) in [6.45, 7) is 8.36. The number of ether oxygens (including phenoxy) is 2. The lowest BCUT2D eigenvalue weighted by Crippen LogP contribution is -2.63. The average molecular weight is 734 g/mol. The summed E-state index contributed by atoms with van der Waals surface area (Å²) < 4.78 is 12.2. The first-order valence-electron chi connectivity index (χ1n) is 15.5. The first kappa shape index (κ1) is 38.3. The van der Waals surface area contributed by atoms with Crippen LogP contribution in [-0.4, -0.2) is 54.0 Å². The molecule has 1 aliphatic heterocycles. The maximum Gasteiger partial charge on any atom is 0.269 e. The van der Waals surface area contributed by atoms with Crippen LogP contribution in [0.5, 0.6) is 5.75 Å². The van der Waals surface area contributed by atoms with Gasteiger partial charge in [-0.2, -0.15) is 5.26 Å². The Morgan fingerprint density at radius 2 is 1.70 bits per heavy atom. The number of ketones is 1. The number of benzene rings is 3. The maximum absolute atomic E-state index is 14.1. The lowest BCUT2D eigenvalue weighted by atomic mass is 9.87. The molecule has 0 unspecified atom stereocenters. The quantitative estimate of drug-likeness (QED) is 0.0363. The van der Waals surface area contributed by atoms with Gasteiger partial charge in [0.2, 0.25) is 21.9 Å². The summed E-state index contributed by atoms with van der Waals surface area (Å²) >= 11 is 8.11. The van der Waals surface area contributed by atoms with E-state index in [-0.39, 0.29) is 39.7 Å². The Kier molecular flexibility index (Phi) is 12.6. The molecule has 1 N–H and O–H groups in total. The van der Waals surface area contributed by atoms with E-state index in [1.54, 1.807) is 57.2 Å². The number of rotatable bonds is 13. The third-order valence-corrected chi connectivity index (χ3v) is 9.92. The van der Waals surface area contributed by atoms with Crippen molar-refractivity contribution in [3.8, 4) is 11.8 Å². The number of β-lactam (4-membered cyclic amide) rings is 1. The van der Waals surface area contributed by atoms with E-state index in [1.165, 1.54) is 60.0 Å². The lowest BCUT2D eigenvalue weighted by Gasteiger charge is -2.48. The Morgan fingerprint density at radius 1 is 1.08 bits per heavy atom. The zero-order chi connectivity index (χ0) is 36.7. The van der Waals surface area contributed by atoms with Crippen molar-refractivity contribution in [2.24, 2.45) is 11.3 Å². The summed E-state index contributed by atoms with van der Waals surface area (Å²) in [4.78, 5) is 53.3. The van der Waals surface area contributed by atoms with Crippen LogP contribution in [0.1, 0.15) is 56.1 Å². The van der Waals surface area contributed by atoms with Crippen molar-refractivity contribution in [2.45, 2.75) is 57.6 Å². The van der Waals surface area contributed by atoms with Crippen LogP contribution in [0.15, 0.2) is 89.1 Å². The van der Waals surface area contributed by atoms with Gasteiger partial charge in [-0.3, -0.25) is 29.4 Å². The van der Waals surface area contributed by atoms with Gasteiger partial charge in [0.25, 0.3) is 5.69 Å². The first-order valence-corrected chi connectivity index (χ1v) is 17.8. The number of thiocarbonyl (C=S) groups is 1. The molecule has 11 nitrogen and oxygen atoms in total. The Bertz CT molecular complexity index is 1850. The van der Waals surface area contributed by atoms with Gasteiger partial charge in [-0.1, -0.05) is 27.7 Å². The van der Waals surface area contributed by atoms with Crippen molar-refractivity contribution in [2.75, 3.05) is 5.75 Å². The van der Waals surface area contributed by atoms with Crippen LogP contribution in [-0.2, 0) is 20.9 Å². The summed E-state index contributed by atoms with van der Waals surface area (Å²) in [5, 5.41) is 29.5. The van der Waals surface area contributed by atoms with Gasteiger partial charge in [-0.15, -0.1) is 11.8 Å². The monoisotopic (exact) mass is 733 g/mol. The largest absolute Gasteiger partial charge is 0.477 e. The third kappa shape index (κ3) is 8.97. The Morgan fingerprint density at radius 3 is 2.22 bits per heavy atom. The van der Waals surface area contributed by atoms with Crippen molar-refractivity contribution in [1.29, 1.82) is 5.26 Å². The molecule has 50 heavy (non-hydrogen) atoms. The number of Topliss-reactive ketones (excluding diaryl/α,β-unsaturated/α-hetero) is 1. The molecule has 3 atom stereocenters. The number of amides is 1. The zero-order valence-corrected chi connectivity index (χ0v) is 30.4. The Hall–Kier alpha value is -4.55. The number of aliphatic hydroxyl groups excluding tert-OH is 1. The number of carbonyl (C=O) groups excluding carboxylic acids is 3. The fourth-order valence-corrected chi connectivity index (χ4v) is 7.07. The summed E-state index contributed by atoms with van der Waals surface area (Å²) in [5.74, 6) is -1.20. The Labute approximate surface area is 303 Å². The number of nitro benzene ring substituents is 1. The summed E-state index contributed by atoms with van der Waals surface area (Å²) in [6, 6.07) is 20.5. The van der Waals surface area contributed by atoms with Crippen molar-refractivity contribution >= 4 is 63.3 Å². The minimum atomic E-state index is -1.01. The van der Waals surface area contributed by atoms with Gasteiger partial charge in [0, 0.05) is 28.0 Å². The van der Waals surface area contributed by atoms with Gasteiger partial charge in [-0.05, 0) is 103 Å². The highest BCUT2D eigenvalue weighted by Crippen LogP contribution is 2.42. The fourth-order valence-electron chi connectivity index (χ4n) is 4.83. The molecule has 1 amide bonds. The number of nitriles is 1. The van der Waals surface area contributed by atoms with Gasteiger partial charge in [0.05, 0.1) is 34.0 Å². The SMILES string of the molecule is CCS[C@@H]1[C@@H]([C@@H](C)O)C(=O)N1C(C(=S)OCc1ccc([N+](=O)[O-])cc1)=C(Oc1ccc(C(=O)Sc2ccc(C#N)cc2)cc1)C(=O)C(C)(C)C. The van der Waals surface area contributed by atoms with E-state index in [4.69, 9.17) is 27.0 Å². The van der Waals surface area contributed by atoms with Crippen molar-refractivity contribution in [3.05, 3.63) is 111 Å². The van der Waals surface area contributed by atoms with E-state index in [2.05, 4.69) is 0 Å². The molecule has 0 radical (unpaired) electrons. The molecule has 1 aliphatic rings. The molecule has 1 heterocycles. The van der Waals surface area contributed by atoms with E-state index in [9.17, 15) is 29.6 Å². The number of aliphatic hydroxyl groups is 1. The van der Waals surface area contributed by atoms with Gasteiger partial charge in [0.15, 0.2) is 5.76 Å². The minimum Gasteiger partial charge on any atom is -0.477 e. The van der Waals surface area contributed by atoms with E-state index < -0.39 is 39.4 Å². The van der Waals surface area contributed by atoms with E-state index in [1.807, 2.05) is 13.0 Å². The number of likely N-dealkylation sites (tertiary alicyclic amines) is 1. The van der Waals surface area contributed by atoms with Gasteiger partial charge in [0.1, 0.15) is 18.1 Å². The van der Waals surface area contributed by atoms with Crippen molar-refractivity contribution in [3.63, 3.8) is 0 Å². The molecular weight excluding hydrogens is 699 g/mol. The molecule has 3 aromatic rings. The number of hydrogen-bond donors (Lipinski definition) is 1. The summed E-state index contributed by atoms with van der Waals surface area (Å²) in [5.41, 5.74) is 0.210. The summed E-state index contributed by atoms with van der Waals surface area (Å²) in [6.07, 6.45) is -0.978. The second-order valence-corrected chi connectivity index (χ2v) is 15.0. The third-order valence-electron chi connectivity index (χ3n) is 7.50. The second kappa shape index (κ2) is 16.4. The molecule has 0 aromatic heterocycles. The number of non-ortho nitro benzene ring substituents is 1. The van der Waals surface area contributed by atoms with E-state index >= 15 is 0 Å². The summed E-state index contributed by atoms with van der Waals surface area (Å²) in [7, 11) is 0. The predicted molar refractivity (Wildman–Crippen MR) is 194 cm³/mol. The molecule has 0 spiro atoms. The van der Waals surface area contributed by atoms with E-state index in [0.717, 1.165) is 11.8 Å². The molecule has 0 saturated carbocycles. The van der Waals surface area contributed by atoms with Crippen LogP contribution >= 0.6 is 35.7 Å². The molecule has 4 rings (SSSR count). The zero-order valence-electron chi connectivity index (χ0n) is 27.9. The molecule has 0 bridgehead atoms. The minimum absolute atomic E-state index is 0.0776. The highest BCUT2D eigenvalue weighted by atomic mass is 32.2. The van der Waals surface area contributed by atoms with Crippen LogP contribution in [0.4, 0.5) is 5.69 Å². The number of thioether (sulfide) groups is 2. The van der Waals surface area contributed by atoms with Crippen LogP contribution in [0.2, 0.25) is 0 Å². The molecule has 260 valence electrons. The molecule has 14 heteroatoms. The van der Waals surface area contributed by atoms with Crippen LogP contribution in [0.25, 0.3) is 0 Å². The number of nitro groups is 1. The van der Waals surface area contributed by atoms with E-state index in [0.29, 0.717) is 27.3 Å². The van der Waals surface area contributed by atoms with Gasteiger partial charge < -0.3 is 14.6 Å². The van der Waals surface area contributed by atoms with Crippen molar-refractivity contribution < 1.29 is 33.9 Å². The second-order valence-electron chi connectivity index (χ2n) is 12.2. The fraction of sp³-hybridized carbons (Fsp3) is 0.306. The highest BCUT2D eigenvalue weighted by molar-refractivity contribution is 8.14. The predicted octanol–water partition coefficient (Wildman–Crippen LogP) is 7.07. The Balaban J connectivity index is 1.72. The topological polar surface area (TPSA) is 160 Å². The lowest BCUT2D eigenvalue weighted by molar-refractivity contribution is -0.384. The molecule has 1 saturated heterocycles. The molecule has 0 aliphatic carbocycles. The smallest absolute Gasteiger partial charge is 0.269 e. The normalized spacial score (nSPS) is 16.7. The van der Waals surface area contributed by atoms with Crippen molar-refractivity contribution in [1.82, 2.24) is 4.90 Å². The van der Waals surface area contributed by atoms with Gasteiger partial charge in [-0.25, -0.2) is 0 Å². The number of allylic oxidation sites excluding steroid dienone is 1. The number of hydrogen-bond acceptors (Lipinski definition) is 12. The van der Waals surface area contributed by atoms with Crippen LogP contribution < -0.4 is 4.74 Å². The standard InChI is InChI=1S/C36H35N3O8S3/c1-6-49-33-28(21(2)40)32(42)38(33)29(35(48)46-20-23-7-13-25(14-8-23)39(44)45)30(31(41)36(3,4)5)47-26-15-11-24(12-16-26)34(43)50-27-17-9-22(19-37)10-18-27/h7-18,21,28,33,40H,6,20H2,1-5H3/t21-,28+,33-/m1/s1. The molecule has 1 fully saturated rings. The molecule has 3 aromatic carbocycles. The number of nitrogens with zero attached hydrogens (tertiary/aromatic N) is 3. The number of carbonyl (C=O) groups is 3. The van der Waals surface area contributed by atoms with Gasteiger partial charge >= 0.3 is 0 Å².